The summed E-state index contributed by atoms with van der Waals surface area (Å²) in [4.78, 5) is 22.1. The van der Waals surface area contributed by atoms with Crippen molar-refractivity contribution in [1.29, 1.82) is 0 Å². The smallest absolute Gasteiger partial charge is 0.305 e. The molecule has 0 aromatic heterocycles. The molecule has 0 saturated carbocycles. The second-order valence-electron chi connectivity index (χ2n) is 4.24. The van der Waals surface area contributed by atoms with Crippen LogP contribution in [-0.4, -0.2) is 40.7 Å². The van der Waals surface area contributed by atoms with Crippen molar-refractivity contribution in [1.82, 2.24) is 5.32 Å². The van der Waals surface area contributed by atoms with E-state index in [1.807, 2.05) is 0 Å². The molecule has 1 aromatic rings. The molecular weight excluding hydrogens is 330 g/mol. The van der Waals surface area contributed by atoms with Gasteiger partial charge in [-0.05, 0) is 23.8 Å². The van der Waals surface area contributed by atoms with E-state index in [4.69, 9.17) is 21.4 Å². The highest BCUT2D eigenvalue weighted by molar-refractivity contribution is 8.15. The number of rotatable bonds is 5. The number of ether oxygens (including phenoxy) is 1. The fourth-order valence-electron chi connectivity index (χ4n) is 1.66. The van der Waals surface area contributed by atoms with Gasteiger partial charge in [0.15, 0.2) is 5.17 Å². The fourth-order valence-corrected chi connectivity index (χ4v) is 2.84. The van der Waals surface area contributed by atoms with Crippen LogP contribution < -0.4 is 10.1 Å². The number of aliphatic carboxylic acids is 1. The molecule has 1 aliphatic rings. The minimum absolute atomic E-state index is 0.257. The molecule has 1 heterocycles. The van der Waals surface area contributed by atoms with Gasteiger partial charge in [-0.15, -0.1) is 5.10 Å². The van der Waals surface area contributed by atoms with Gasteiger partial charge in [-0.3, -0.25) is 9.59 Å². The molecule has 0 aliphatic carbocycles. The van der Waals surface area contributed by atoms with Gasteiger partial charge in [-0.2, -0.15) is 5.10 Å². The van der Waals surface area contributed by atoms with Crippen molar-refractivity contribution < 1.29 is 19.4 Å². The highest BCUT2D eigenvalue weighted by Gasteiger charge is 2.32. The van der Waals surface area contributed by atoms with Crippen LogP contribution in [0.2, 0.25) is 5.02 Å². The van der Waals surface area contributed by atoms with Crippen molar-refractivity contribution in [2.24, 2.45) is 10.2 Å². The molecular formula is C13H12ClN3O4S. The van der Waals surface area contributed by atoms with Crippen LogP contribution in [0.5, 0.6) is 5.75 Å². The Morgan fingerprint density at radius 2 is 2.36 bits per heavy atom. The Labute approximate surface area is 135 Å². The highest BCUT2D eigenvalue weighted by Crippen LogP contribution is 2.24. The van der Waals surface area contributed by atoms with Crippen molar-refractivity contribution in [3.63, 3.8) is 0 Å². The van der Waals surface area contributed by atoms with Crippen LogP contribution in [0, 0.1) is 0 Å². The third-order valence-corrected chi connectivity index (χ3v) is 4.04. The third kappa shape index (κ3) is 4.22. The number of benzene rings is 1. The van der Waals surface area contributed by atoms with Crippen LogP contribution in [0.4, 0.5) is 0 Å². The average molecular weight is 342 g/mol. The minimum Gasteiger partial charge on any atom is -0.495 e. The van der Waals surface area contributed by atoms with Gasteiger partial charge < -0.3 is 15.2 Å². The number of amides is 1. The lowest BCUT2D eigenvalue weighted by Crippen LogP contribution is -2.26. The summed E-state index contributed by atoms with van der Waals surface area (Å²) >= 11 is 7.02. The van der Waals surface area contributed by atoms with Gasteiger partial charge in [0.1, 0.15) is 11.0 Å². The lowest BCUT2D eigenvalue weighted by molar-refractivity contribution is -0.138. The molecule has 1 saturated heterocycles. The Morgan fingerprint density at radius 1 is 1.59 bits per heavy atom. The number of hydrogen-bond acceptors (Lipinski definition) is 6. The second kappa shape index (κ2) is 7.28. The highest BCUT2D eigenvalue weighted by atomic mass is 35.5. The van der Waals surface area contributed by atoms with E-state index in [2.05, 4.69) is 15.5 Å². The Balaban J connectivity index is 2.01. The third-order valence-electron chi connectivity index (χ3n) is 2.67. The average Bonchev–Trinajstić information content (AvgIpc) is 2.78. The van der Waals surface area contributed by atoms with Gasteiger partial charge in [0.2, 0.25) is 5.91 Å². The number of thioether (sulfide) groups is 1. The summed E-state index contributed by atoms with van der Waals surface area (Å²) in [6, 6.07) is 5.12. The van der Waals surface area contributed by atoms with E-state index in [-0.39, 0.29) is 17.5 Å². The van der Waals surface area contributed by atoms with Crippen LogP contribution in [0.15, 0.2) is 28.4 Å². The number of amidine groups is 1. The van der Waals surface area contributed by atoms with Crippen LogP contribution >= 0.6 is 23.4 Å². The van der Waals surface area contributed by atoms with Crippen LogP contribution in [-0.2, 0) is 9.59 Å². The zero-order chi connectivity index (χ0) is 16.1. The van der Waals surface area contributed by atoms with Crippen molar-refractivity contribution in [3.8, 4) is 5.75 Å². The van der Waals surface area contributed by atoms with Crippen molar-refractivity contribution >= 4 is 46.6 Å². The Morgan fingerprint density at radius 3 is 3.00 bits per heavy atom. The van der Waals surface area contributed by atoms with Gasteiger partial charge in [0, 0.05) is 0 Å². The van der Waals surface area contributed by atoms with E-state index in [0.717, 1.165) is 11.8 Å². The van der Waals surface area contributed by atoms with E-state index in [0.29, 0.717) is 16.3 Å². The molecule has 1 aliphatic heterocycles. The van der Waals surface area contributed by atoms with E-state index in [9.17, 15) is 9.59 Å². The topological polar surface area (TPSA) is 100 Å². The van der Waals surface area contributed by atoms with Gasteiger partial charge in [-0.1, -0.05) is 23.4 Å². The number of methoxy groups -OCH3 is 1. The number of carboxylic acid groups (broad SMARTS) is 1. The molecule has 2 rings (SSSR count). The number of hydrogen-bond donors (Lipinski definition) is 2. The SMILES string of the molecule is COc1ccc(/C=N\N=C2\NC(=O)[C@@H](CC(=O)O)S2)cc1Cl. The summed E-state index contributed by atoms with van der Waals surface area (Å²) in [5, 5.41) is 18.9. The van der Waals surface area contributed by atoms with Gasteiger partial charge in [-0.25, -0.2) is 0 Å². The molecule has 0 unspecified atom stereocenters. The first-order valence-electron chi connectivity index (χ1n) is 6.13. The summed E-state index contributed by atoms with van der Waals surface area (Å²) in [7, 11) is 1.52. The molecule has 0 spiro atoms. The van der Waals surface area contributed by atoms with E-state index in [1.54, 1.807) is 18.2 Å². The quantitative estimate of drug-likeness (QED) is 0.627. The maximum atomic E-state index is 11.5. The molecule has 116 valence electrons. The number of carboxylic acids is 1. The van der Waals surface area contributed by atoms with Crippen molar-refractivity contribution in [2.75, 3.05) is 7.11 Å². The van der Waals surface area contributed by atoms with Gasteiger partial charge in [0.25, 0.3) is 0 Å². The second-order valence-corrected chi connectivity index (χ2v) is 5.84. The number of nitrogens with one attached hydrogen (secondary N) is 1. The molecule has 7 nitrogen and oxygen atoms in total. The van der Waals surface area contributed by atoms with E-state index < -0.39 is 11.2 Å². The molecule has 1 fully saturated rings. The Kier molecular flexibility index (Phi) is 5.40. The molecule has 1 aromatic carbocycles. The summed E-state index contributed by atoms with van der Waals surface area (Å²) < 4.78 is 5.04. The minimum atomic E-state index is -1.04. The maximum absolute atomic E-state index is 11.5. The predicted octanol–water partition coefficient (Wildman–Crippen LogP) is 1.74. The molecule has 1 amide bonds. The van der Waals surface area contributed by atoms with Crippen molar-refractivity contribution in [2.45, 2.75) is 11.7 Å². The molecule has 9 heteroatoms. The fraction of sp³-hybridized carbons (Fsp3) is 0.231. The standard InChI is InChI=1S/C13H12ClN3O4S/c1-21-9-3-2-7(4-8(9)14)6-15-17-13-16-12(20)10(22-13)5-11(18)19/h2-4,6,10H,5H2,1H3,(H,18,19)(H,16,17,20)/b15-6-/t10-/m1/s1. The summed E-state index contributed by atoms with van der Waals surface area (Å²) in [5.74, 6) is -0.862. The van der Waals surface area contributed by atoms with Gasteiger partial charge in [0.05, 0.1) is 24.8 Å². The largest absolute Gasteiger partial charge is 0.495 e. The van der Waals surface area contributed by atoms with Crippen LogP contribution in [0.25, 0.3) is 0 Å². The maximum Gasteiger partial charge on any atom is 0.305 e. The first kappa shape index (κ1) is 16.3. The number of carbonyl (C=O) groups excluding carboxylic acids is 1. The molecule has 1 atom stereocenters. The molecule has 22 heavy (non-hydrogen) atoms. The van der Waals surface area contributed by atoms with E-state index >= 15 is 0 Å². The molecule has 2 N–H and O–H groups in total. The van der Waals surface area contributed by atoms with Gasteiger partial charge >= 0.3 is 5.97 Å². The summed E-state index contributed by atoms with van der Waals surface area (Å²) in [5.41, 5.74) is 0.714. The normalized spacial score (nSPS) is 19.6. The van der Waals surface area contributed by atoms with Crippen molar-refractivity contribution in [3.05, 3.63) is 28.8 Å². The summed E-state index contributed by atoms with van der Waals surface area (Å²) in [6.07, 6.45) is 1.21. The zero-order valence-corrected chi connectivity index (χ0v) is 13.0. The molecule has 0 radical (unpaired) electrons. The number of nitrogens with zero attached hydrogens (tertiary/aromatic N) is 2. The number of halogens is 1. The zero-order valence-electron chi connectivity index (χ0n) is 11.4. The lowest BCUT2D eigenvalue weighted by Gasteiger charge is -2.02. The first-order valence-corrected chi connectivity index (χ1v) is 7.39. The first-order chi connectivity index (χ1) is 10.5. The van der Waals surface area contributed by atoms with E-state index in [1.165, 1.54) is 13.3 Å². The monoisotopic (exact) mass is 341 g/mol. The molecule has 0 bridgehead atoms. The van der Waals surface area contributed by atoms with Crippen LogP contribution in [0.3, 0.4) is 0 Å². The van der Waals surface area contributed by atoms with Crippen LogP contribution in [0.1, 0.15) is 12.0 Å². The number of carbonyl (C=O) groups is 2. The predicted molar refractivity (Wildman–Crippen MR) is 84.8 cm³/mol. The Bertz CT molecular complexity index is 663. The lowest BCUT2D eigenvalue weighted by atomic mass is 10.2. The Hall–Kier alpha value is -2.06. The summed E-state index contributed by atoms with van der Waals surface area (Å²) in [6.45, 7) is 0.